The number of benzene rings is 1. The number of nitrogens with one attached hydrogen (secondary N) is 1. The molecule has 2 heterocycles. The summed E-state index contributed by atoms with van der Waals surface area (Å²) in [6.45, 7) is 2.45. The van der Waals surface area contributed by atoms with Crippen LogP contribution in [-0.2, 0) is 12.3 Å². The molecule has 3 rings (SSSR count). The molecule has 0 aliphatic carbocycles. The predicted octanol–water partition coefficient (Wildman–Crippen LogP) is 3.47. The van der Waals surface area contributed by atoms with Crippen LogP contribution in [0.25, 0.3) is 0 Å². The number of carbonyl (C=O) groups is 1. The zero-order valence-corrected chi connectivity index (χ0v) is 17.0. The molecule has 0 spiro atoms. The van der Waals surface area contributed by atoms with Crippen molar-refractivity contribution in [3.05, 3.63) is 77.2 Å². The highest BCUT2D eigenvalue weighted by molar-refractivity contribution is 7.98. The van der Waals surface area contributed by atoms with Crippen LogP contribution in [0.3, 0.4) is 0 Å². The first-order chi connectivity index (χ1) is 13.5. The minimum atomic E-state index is -0.0892. The van der Waals surface area contributed by atoms with Crippen molar-refractivity contribution in [1.29, 1.82) is 0 Å². The Morgan fingerprint density at radius 1 is 1.04 bits per heavy atom. The smallest absolute Gasteiger partial charge is 0.251 e. The van der Waals surface area contributed by atoms with Gasteiger partial charge in [0.25, 0.3) is 5.91 Å². The van der Waals surface area contributed by atoms with E-state index in [0.717, 1.165) is 33.5 Å². The number of anilines is 1. The van der Waals surface area contributed by atoms with Crippen molar-refractivity contribution >= 4 is 23.5 Å². The van der Waals surface area contributed by atoms with Crippen molar-refractivity contribution in [2.45, 2.75) is 24.4 Å². The summed E-state index contributed by atoms with van der Waals surface area (Å²) in [6, 6.07) is 13.4. The topological polar surface area (TPSA) is 71.0 Å². The van der Waals surface area contributed by atoms with Crippen LogP contribution in [-0.4, -0.2) is 35.0 Å². The van der Waals surface area contributed by atoms with Crippen molar-refractivity contribution in [2.75, 3.05) is 19.0 Å². The lowest BCUT2D eigenvalue weighted by Gasteiger charge is -2.12. The fourth-order valence-electron chi connectivity index (χ4n) is 2.50. The minimum absolute atomic E-state index is 0.0892. The fourth-order valence-corrected chi connectivity index (χ4v) is 3.36. The van der Waals surface area contributed by atoms with Gasteiger partial charge in [-0.3, -0.25) is 9.78 Å². The highest BCUT2D eigenvalue weighted by Gasteiger charge is 2.08. The van der Waals surface area contributed by atoms with Gasteiger partial charge in [0.2, 0.25) is 0 Å². The number of aryl methyl sites for hydroxylation is 1. The van der Waals surface area contributed by atoms with Crippen molar-refractivity contribution in [2.24, 2.45) is 0 Å². The van der Waals surface area contributed by atoms with E-state index in [9.17, 15) is 4.79 Å². The molecular formula is C21H23N5OS. The van der Waals surface area contributed by atoms with Gasteiger partial charge in [0, 0.05) is 56.1 Å². The highest BCUT2D eigenvalue weighted by atomic mass is 32.2. The minimum Gasteiger partial charge on any atom is -0.363 e. The van der Waals surface area contributed by atoms with Gasteiger partial charge in [-0.25, -0.2) is 9.97 Å². The monoisotopic (exact) mass is 393 g/mol. The highest BCUT2D eigenvalue weighted by Crippen LogP contribution is 2.22. The number of pyridine rings is 1. The number of nitrogens with zero attached hydrogens (tertiary/aromatic N) is 4. The van der Waals surface area contributed by atoms with Gasteiger partial charge in [-0.2, -0.15) is 0 Å². The summed E-state index contributed by atoms with van der Waals surface area (Å²) < 4.78 is 0. The maximum Gasteiger partial charge on any atom is 0.251 e. The first kappa shape index (κ1) is 19.8. The first-order valence-corrected chi connectivity index (χ1v) is 9.91. The lowest BCUT2D eigenvalue weighted by Crippen LogP contribution is -2.22. The van der Waals surface area contributed by atoms with Crippen LogP contribution in [0.4, 0.5) is 5.82 Å². The third kappa shape index (κ3) is 5.53. The molecule has 6 nitrogen and oxygen atoms in total. The molecule has 0 aliphatic rings. The number of rotatable bonds is 7. The molecule has 2 aromatic heterocycles. The van der Waals surface area contributed by atoms with Gasteiger partial charge in [0.1, 0.15) is 5.82 Å². The summed E-state index contributed by atoms with van der Waals surface area (Å²) in [6.07, 6.45) is 3.43. The molecule has 3 aromatic rings. The second-order valence-electron chi connectivity index (χ2n) is 6.57. The van der Waals surface area contributed by atoms with E-state index in [-0.39, 0.29) is 5.91 Å². The normalized spacial score (nSPS) is 10.5. The summed E-state index contributed by atoms with van der Waals surface area (Å²) in [4.78, 5) is 27.3. The van der Waals surface area contributed by atoms with Crippen LogP contribution in [0.2, 0.25) is 0 Å². The molecule has 1 amide bonds. The molecule has 0 saturated carbocycles. The zero-order chi connectivity index (χ0) is 19.9. The standard InChI is InChI=1S/C21H23N5OS/c1-15-12-19(26(2)3)25-21(24-15)28-14-17-4-6-18(7-5-17)20(27)23-13-16-8-10-22-11-9-16/h4-12H,13-14H2,1-3H3,(H,23,27). The quantitative estimate of drug-likeness (QED) is 0.490. The second kappa shape index (κ2) is 9.32. The van der Waals surface area contributed by atoms with E-state index in [1.54, 1.807) is 24.2 Å². The van der Waals surface area contributed by atoms with Crippen LogP contribution >= 0.6 is 11.8 Å². The Bertz CT molecular complexity index is 929. The summed E-state index contributed by atoms with van der Waals surface area (Å²) in [7, 11) is 3.93. The number of thioether (sulfide) groups is 1. The molecule has 7 heteroatoms. The van der Waals surface area contributed by atoms with Crippen LogP contribution in [0.15, 0.2) is 60.0 Å². The SMILES string of the molecule is Cc1cc(N(C)C)nc(SCc2ccc(C(=O)NCc3ccncc3)cc2)n1. The maximum absolute atomic E-state index is 12.3. The summed E-state index contributed by atoms with van der Waals surface area (Å²) in [5, 5.41) is 3.67. The molecule has 0 saturated heterocycles. The number of amides is 1. The lowest BCUT2D eigenvalue weighted by molar-refractivity contribution is 0.0951. The average molecular weight is 394 g/mol. The average Bonchev–Trinajstić information content (AvgIpc) is 2.71. The molecule has 0 radical (unpaired) electrons. The van der Waals surface area contributed by atoms with E-state index in [1.165, 1.54) is 0 Å². The van der Waals surface area contributed by atoms with Crippen molar-refractivity contribution in [3.63, 3.8) is 0 Å². The third-order valence-corrected chi connectivity index (χ3v) is 4.98. The molecule has 0 aliphatic heterocycles. The number of hydrogen-bond donors (Lipinski definition) is 1. The summed E-state index contributed by atoms with van der Waals surface area (Å²) in [5.74, 6) is 1.56. The molecule has 0 bridgehead atoms. The number of hydrogen-bond acceptors (Lipinski definition) is 6. The molecule has 144 valence electrons. The molecule has 0 fully saturated rings. The Hall–Kier alpha value is -2.93. The molecule has 1 N–H and O–H groups in total. The van der Waals surface area contributed by atoms with Crippen molar-refractivity contribution in [3.8, 4) is 0 Å². The molecule has 0 unspecified atom stereocenters. The van der Waals surface area contributed by atoms with Crippen LogP contribution < -0.4 is 10.2 Å². The first-order valence-electron chi connectivity index (χ1n) is 8.93. The van der Waals surface area contributed by atoms with Crippen molar-refractivity contribution in [1.82, 2.24) is 20.3 Å². The molecular weight excluding hydrogens is 370 g/mol. The summed E-state index contributed by atoms with van der Waals surface area (Å²) >= 11 is 1.59. The molecule has 1 aromatic carbocycles. The Labute approximate surface area is 169 Å². The van der Waals surface area contributed by atoms with E-state index in [1.807, 2.05) is 68.4 Å². The largest absolute Gasteiger partial charge is 0.363 e. The Balaban J connectivity index is 1.56. The molecule has 28 heavy (non-hydrogen) atoms. The van der Waals surface area contributed by atoms with Crippen molar-refractivity contribution < 1.29 is 4.79 Å². The van der Waals surface area contributed by atoms with Gasteiger partial charge < -0.3 is 10.2 Å². The van der Waals surface area contributed by atoms with Gasteiger partial charge in [0.15, 0.2) is 5.16 Å². The van der Waals surface area contributed by atoms with Crippen LogP contribution in [0.5, 0.6) is 0 Å². The fraction of sp³-hybridized carbons (Fsp3) is 0.238. The van der Waals surface area contributed by atoms with Gasteiger partial charge in [-0.1, -0.05) is 23.9 Å². The van der Waals surface area contributed by atoms with E-state index in [2.05, 4.69) is 20.3 Å². The van der Waals surface area contributed by atoms with E-state index in [0.29, 0.717) is 12.1 Å². The molecule has 0 atom stereocenters. The van der Waals surface area contributed by atoms with Gasteiger partial charge in [-0.05, 0) is 42.3 Å². The third-order valence-electron chi connectivity index (χ3n) is 4.06. The van der Waals surface area contributed by atoms with Crippen LogP contribution in [0.1, 0.15) is 27.2 Å². The van der Waals surface area contributed by atoms with E-state index < -0.39 is 0 Å². The lowest BCUT2D eigenvalue weighted by atomic mass is 10.1. The van der Waals surface area contributed by atoms with Crippen LogP contribution in [0, 0.1) is 6.92 Å². The summed E-state index contributed by atoms with van der Waals surface area (Å²) in [5.41, 5.74) is 3.73. The van der Waals surface area contributed by atoms with Gasteiger partial charge >= 0.3 is 0 Å². The second-order valence-corrected chi connectivity index (χ2v) is 7.51. The van der Waals surface area contributed by atoms with Gasteiger partial charge in [-0.15, -0.1) is 0 Å². The van der Waals surface area contributed by atoms with E-state index >= 15 is 0 Å². The Morgan fingerprint density at radius 3 is 2.43 bits per heavy atom. The van der Waals surface area contributed by atoms with Gasteiger partial charge in [0.05, 0.1) is 0 Å². The van der Waals surface area contributed by atoms with E-state index in [4.69, 9.17) is 0 Å². The number of carbonyl (C=O) groups excluding carboxylic acids is 1. The predicted molar refractivity (Wildman–Crippen MR) is 113 cm³/mol. The zero-order valence-electron chi connectivity index (χ0n) is 16.2. The Kier molecular flexibility index (Phi) is 6.60. The maximum atomic E-state index is 12.3. The number of aromatic nitrogens is 3. The Morgan fingerprint density at radius 2 is 1.75 bits per heavy atom.